The maximum atomic E-state index is 13.8. The fraction of sp³-hybridized carbons (Fsp3) is 0.0345. The minimum atomic E-state index is -0.327. The molecule has 0 aliphatic carbocycles. The van der Waals surface area contributed by atoms with E-state index in [0.29, 0.717) is 28.8 Å². The predicted octanol–water partition coefficient (Wildman–Crippen LogP) is 7.07. The van der Waals surface area contributed by atoms with E-state index in [-0.39, 0.29) is 11.7 Å². The highest BCUT2D eigenvalue weighted by Crippen LogP contribution is 2.34. The number of ether oxygens (including phenoxy) is 1. The quantitative estimate of drug-likeness (QED) is 0.304. The van der Waals surface area contributed by atoms with Gasteiger partial charge in [-0.3, -0.25) is 9.78 Å². The first kappa shape index (κ1) is 20.9. The minimum Gasteiger partial charge on any atom is -0.457 e. The number of carbonyl (C=O) groups excluding carboxylic acids is 1. The lowest BCUT2D eigenvalue weighted by Gasteiger charge is -2.17. The van der Waals surface area contributed by atoms with Crippen molar-refractivity contribution in [2.24, 2.45) is 0 Å². The highest BCUT2D eigenvalue weighted by molar-refractivity contribution is 6.10. The zero-order valence-electron chi connectivity index (χ0n) is 18.6. The van der Waals surface area contributed by atoms with E-state index in [1.165, 1.54) is 12.1 Å². The van der Waals surface area contributed by atoms with Gasteiger partial charge in [0, 0.05) is 40.3 Å². The molecule has 5 nitrogen and oxygen atoms in total. The van der Waals surface area contributed by atoms with E-state index in [9.17, 15) is 9.18 Å². The van der Waals surface area contributed by atoms with E-state index < -0.39 is 0 Å². The molecule has 1 aliphatic rings. The first-order valence-corrected chi connectivity index (χ1v) is 11.2. The Hall–Kier alpha value is -4.71. The van der Waals surface area contributed by atoms with Crippen LogP contribution in [0.5, 0.6) is 11.5 Å². The van der Waals surface area contributed by atoms with Crippen molar-refractivity contribution in [3.63, 3.8) is 0 Å². The molecule has 0 saturated heterocycles. The summed E-state index contributed by atoms with van der Waals surface area (Å²) in [5.74, 6) is 0.995. The van der Waals surface area contributed by atoms with Crippen LogP contribution in [0.2, 0.25) is 0 Å². The second-order valence-corrected chi connectivity index (χ2v) is 8.32. The lowest BCUT2D eigenvalue weighted by molar-refractivity contribution is 0.0996. The van der Waals surface area contributed by atoms with Gasteiger partial charge in [0.15, 0.2) is 0 Å². The Morgan fingerprint density at radius 1 is 0.857 bits per heavy atom. The molecule has 2 heterocycles. The number of halogens is 1. The second kappa shape index (κ2) is 8.57. The number of nitrogens with one attached hydrogen (secondary N) is 1. The Labute approximate surface area is 201 Å². The molecule has 0 bridgehead atoms. The van der Waals surface area contributed by atoms with Gasteiger partial charge in [0.2, 0.25) is 0 Å². The number of hydrogen-bond donors (Lipinski definition) is 1. The van der Waals surface area contributed by atoms with Crippen molar-refractivity contribution in [3.8, 4) is 11.5 Å². The monoisotopic (exact) mass is 461 g/mol. The van der Waals surface area contributed by atoms with Crippen molar-refractivity contribution in [1.29, 1.82) is 0 Å². The predicted molar refractivity (Wildman–Crippen MR) is 135 cm³/mol. The molecule has 1 aromatic heterocycles. The van der Waals surface area contributed by atoms with Gasteiger partial charge in [-0.2, -0.15) is 0 Å². The van der Waals surface area contributed by atoms with Crippen LogP contribution in [0.15, 0.2) is 103 Å². The zero-order valence-corrected chi connectivity index (χ0v) is 18.6. The molecule has 6 rings (SSSR count). The molecular weight excluding hydrogens is 441 g/mol. The molecule has 5 aromatic rings. The number of rotatable bonds is 5. The summed E-state index contributed by atoms with van der Waals surface area (Å²) in [7, 11) is 0. The number of pyridine rings is 1. The summed E-state index contributed by atoms with van der Waals surface area (Å²) in [5, 5.41) is 4.00. The van der Waals surface area contributed by atoms with Crippen molar-refractivity contribution in [1.82, 2.24) is 4.98 Å². The van der Waals surface area contributed by atoms with Crippen molar-refractivity contribution < 1.29 is 13.9 Å². The van der Waals surface area contributed by atoms with Crippen LogP contribution < -0.4 is 15.0 Å². The van der Waals surface area contributed by atoms with Gasteiger partial charge in [-0.25, -0.2) is 4.39 Å². The number of aromatic nitrogens is 1. The van der Waals surface area contributed by atoms with Crippen LogP contribution in [0.1, 0.15) is 15.9 Å². The Kier molecular flexibility index (Phi) is 5.11. The van der Waals surface area contributed by atoms with Crippen LogP contribution in [-0.4, -0.2) is 10.9 Å². The number of benzene rings is 4. The van der Waals surface area contributed by atoms with Crippen LogP contribution in [-0.2, 0) is 6.54 Å². The van der Waals surface area contributed by atoms with Crippen molar-refractivity contribution >= 4 is 33.9 Å². The largest absolute Gasteiger partial charge is 0.457 e. The van der Waals surface area contributed by atoms with Gasteiger partial charge >= 0.3 is 0 Å². The molecule has 0 atom stereocenters. The summed E-state index contributed by atoms with van der Waals surface area (Å²) in [4.78, 5) is 19.4. The van der Waals surface area contributed by atoms with Crippen LogP contribution in [0.4, 0.5) is 21.5 Å². The van der Waals surface area contributed by atoms with Crippen LogP contribution in [0, 0.1) is 5.82 Å². The van der Waals surface area contributed by atoms with Gasteiger partial charge in [-0.15, -0.1) is 0 Å². The molecule has 1 N–H and O–H groups in total. The van der Waals surface area contributed by atoms with E-state index in [0.717, 1.165) is 28.4 Å². The third-order valence-corrected chi connectivity index (χ3v) is 6.00. The fourth-order valence-electron chi connectivity index (χ4n) is 4.31. The summed E-state index contributed by atoms with van der Waals surface area (Å²) in [5.41, 5.74) is 4.51. The summed E-state index contributed by atoms with van der Waals surface area (Å²) in [6.07, 6.45) is 1.67. The molecule has 35 heavy (non-hydrogen) atoms. The van der Waals surface area contributed by atoms with Crippen molar-refractivity contribution in [3.05, 3.63) is 120 Å². The van der Waals surface area contributed by atoms with E-state index in [1.807, 2.05) is 72.8 Å². The Balaban J connectivity index is 1.26. The number of carbonyl (C=O) groups is 1. The molecule has 170 valence electrons. The maximum absolute atomic E-state index is 13.8. The number of hydrogen-bond acceptors (Lipinski definition) is 4. The molecule has 4 aromatic carbocycles. The van der Waals surface area contributed by atoms with E-state index in [4.69, 9.17) is 4.74 Å². The smallest absolute Gasteiger partial charge is 0.259 e. The first-order valence-electron chi connectivity index (χ1n) is 11.2. The van der Waals surface area contributed by atoms with Gasteiger partial charge < -0.3 is 15.0 Å². The minimum absolute atomic E-state index is 0.0776. The molecule has 0 unspecified atom stereocenters. The molecule has 6 heteroatoms. The lowest BCUT2D eigenvalue weighted by atomic mass is 10.1. The third kappa shape index (κ3) is 4.06. The van der Waals surface area contributed by atoms with Crippen LogP contribution in [0.25, 0.3) is 10.9 Å². The Morgan fingerprint density at radius 2 is 1.71 bits per heavy atom. The number of fused-ring (bicyclic) bond motifs is 2. The molecular formula is C29H20FN3O2. The van der Waals surface area contributed by atoms with Gasteiger partial charge in [0.05, 0.1) is 12.1 Å². The third-order valence-electron chi connectivity index (χ3n) is 6.00. The van der Waals surface area contributed by atoms with Gasteiger partial charge in [0.1, 0.15) is 17.3 Å². The second-order valence-electron chi connectivity index (χ2n) is 8.32. The number of anilines is 3. The number of para-hydroxylation sites is 1. The highest BCUT2D eigenvalue weighted by atomic mass is 19.1. The highest BCUT2D eigenvalue weighted by Gasteiger charge is 2.29. The van der Waals surface area contributed by atoms with Crippen LogP contribution >= 0.6 is 0 Å². The average Bonchev–Trinajstić information content (AvgIpc) is 3.21. The number of amides is 1. The SMILES string of the molecule is O=C1c2cc(Nc3ccnc4ccc(F)cc34)ccc2CN1c1cccc(Oc2ccccc2)c1. The molecule has 0 fully saturated rings. The summed E-state index contributed by atoms with van der Waals surface area (Å²) in [6, 6.07) is 29.1. The summed E-state index contributed by atoms with van der Waals surface area (Å²) in [6.45, 7) is 0.479. The molecule has 1 aliphatic heterocycles. The van der Waals surface area contributed by atoms with E-state index in [1.54, 1.807) is 23.2 Å². The van der Waals surface area contributed by atoms with E-state index >= 15 is 0 Å². The zero-order chi connectivity index (χ0) is 23.8. The summed E-state index contributed by atoms with van der Waals surface area (Å²) >= 11 is 0. The standard InChI is InChI=1S/C29H20FN3O2/c30-20-10-12-27-26(15-20)28(13-14-31-27)32-21-11-9-19-18-33(29(34)25(19)16-21)22-5-4-8-24(17-22)35-23-6-2-1-3-7-23/h1-17H,18H2,(H,31,32). The first-order chi connectivity index (χ1) is 17.1. The Morgan fingerprint density at radius 3 is 2.60 bits per heavy atom. The van der Waals surface area contributed by atoms with Gasteiger partial charge in [0.25, 0.3) is 5.91 Å². The van der Waals surface area contributed by atoms with Crippen molar-refractivity contribution in [2.45, 2.75) is 6.54 Å². The molecule has 1 amide bonds. The van der Waals surface area contributed by atoms with Crippen molar-refractivity contribution in [2.75, 3.05) is 10.2 Å². The molecule has 0 saturated carbocycles. The Bertz CT molecular complexity index is 1570. The normalized spacial score (nSPS) is 12.6. The summed E-state index contributed by atoms with van der Waals surface area (Å²) < 4.78 is 19.8. The van der Waals surface area contributed by atoms with Gasteiger partial charge in [-0.05, 0) is 66.2 Å². The van der Waals surface area contributed by atoms with E-state index in [2.05, 4.69) is 10.3 Å². The maximum Gasteiger partial charge on any atom is 0.259 e. The van der Waals surface area contributed by atoms with Gasteiger partial charge in [-0.1, -0.05) is 30.3 Å². The number of nitrogens with zero attached hydrogens (tertiary/aromatic N) is 2. The van der Waals surface area contributed by atoms with Crippen LogP contribution in [0.3, 0.4) is 0 Å². The topological polar surface area (TPSA) is 54.5 Å². The average molecular weight is 461 g/mol. The fourth-order valence-corrected chi connectivity index (χ4v) is 4.31. The molecule has 0 radical (unpaired) electrons. The lowest BCUT2D eigenvalue weighted by Crippen LogP contribution is -2.22. The molecule has 0 spiro atoms.